The van der Waals surface area contributed by atoms with Gasteiger partial charge in [0, 0.05) is 10.8 Å². The van der Waals surface area contributed by atoms with E-state index in [4.69, 9.17) is 0 Å². The summed E-state index contributed by atoms with van der Waals surface area (Å²) in [5, 5.41) is 20.5. The van der Waals surface area contributed by atoms with Gasteiger partial charge in [-0.25, -0.2) is 0 Å². The topological polar surface area (TPSA) is 40.5 Å². The lowest BCUT2D eigenvalue weighted by molar-refractivity contribution is -0.153. The fourth-order valence-corrected chi connectivity index (χ4v) is 5.94. The zero-order valence-electron chi connectivity index (χ0n) is 14.4. The van der Waals surface area contributed by atoms with Gasteiger partial charge in [0.15, 0.2) is 0 Å². The normalized spacial score (nSPS) is 51.5. The zero-order valence-corrected chi connectivity index (χ0v) is 14.4. The second-order valence-electron chi connectivity index (χ2n) is 8.84. The smallest absolute Gasteiger partial charge is 0.0618 e. The van der Waals surface area contributed by atoms with E-state index in [2.05, 4.69) is 39.5 Å². The molecular weight excluding hydrogens is 272 g/mol. The second kappa shape index (κ2) is 5.21. The SMILES string of the molecule is C=C[C@@]1(C)C=C2CCC3[C@](C)(CC[C@@H](O)[C@@]3(C)CO)C2CC1. The van der Waals surface area contributed by atoms with Gasteiger partial charge in [0.2, 0.25) is 0 Å². The predicted octanol–water partition coefficient (Wildman–Crippen LogP) is 4.08. The summed E-state index contributed by atoms with van der Waals surface area (Å²) >= 11 is 0. The number of rotatable bonds is 2. The molecule has 3 rings (SSSR count). The summed E-state index contributed by atoms with van der Waals surface area (Å²) < 4.78 is 0. The molecule has 0 heterocycles. The lowest BCUT2D eigenvalue weighted by atomic mass is 9.44. The first kappa shape index (κ1) is 16.3. The van der Waals surface area contributed by atoms with E-state index >= 15 is 0 Å². The lowest BCUT2D eigenvalue weighted by Gasteiger charge is -2.61. The highest BCUT2D eigenvalue weighted by Gasteiger charge is 2.58. The van der Waals surface area contributed by atoms with Crippen molar-refractivity contribution in [2.24, 2.45) is 28.1 Å². The number of aliphatic hydroxyl groups excluding tert-OH is 2. The van der Waals surface area contributed by atoms with Crippen LogP contribution in [0.1, 0.15) is 59.3 Å². The third-order valence-electron chi connectivity index (χ3n) is 7.57. The third kappa shape index (κ3) is 2.14. The fraction of sp³-hybridized carbons (Fsp3) is 0.800. The molecule has 0 spiro atoms. The predicted molar refractivity (Wildman–Crippen MR) is 90.4 cm³/mol. The number of aliphatic hydroxyl groups is 2. The summed E-state index contributed by atoms with van der Waals surface area (Å²) in [5.74, 6) is 1.04. The highest BCUT2D eigenvalue weighted by Crippen LogP contribution is 2.63. The summed E-state index contributed by atoms with van der Waals surface area (Å²) in [6, 6.07) is 0. The van der Waals surface area contributed by atoms with Crippen molar-refractivity contribution in [2.75, 3.05) is 6.61 Å². The summed E-state index contributed by atoms with van der Waals surface area (Å²) in [5.41, 5.74) is 1.66. The Hall–Kier alpha value is -0.600. The number of hydrogen-bond donors (Lipinski definition) is 2. The van der Waals surface area contributed by atoms with Crippen molar-refractivity contribution < 1.29 is 10.2 Å². The van der Waals surface area contributed by atoms with Gasteiger partial charge in [0.1, 0.15) is 0 Å². The van der Waals surface area contributed by atoms with Crippen LogP contribution in [-0.4, -0.2) is 22.9 Å². The van der Waals surface area contributed by atoms with Gasteiger partial charge in [-0.05, 0) is 55.8 Å². The number of fused-ring (bicyclic) bond motifs is 3. The maximum absolute atomic E-state index is 10.5. The fourth-order valence-electron chi connectivity index (χ4n) is 5.94. The van der Waals surface area contributed by atoms with Crippen LogP contribution < -0.4 is 0 Å². The van der Waals surface area contributed by atoms with Gasteiger partial charge in [-0.2, -0.15) is 0 Å². The van der Waals surface area contributed by atoms with Crippen molar-refractivity contribution in [1.82, 2.24) is 0 Å². The van der Waals surface area contributed by atoms with Crippen molar-refractivity contribution in [3.8, 4) is 0 Å². The van der Waals surface area contributed by atoms with Crippen LogP contribution in [0.15, 0.2) is 24.3 Å². The van der Waals surface area contributed by atoms with E-state index in [9.17, 15) is 10.2 Å². The standard InChI is InChI=1S/C20H32O2/c1-5-18(2)10-8-15-14(12-18)6-7-16-19(15,3)11-9-17(22)20(16,4)13-21/h5,12,15-17,21-22H,1,6-11,13H2,2-4H3/t15?,16?,17-,18-,19-,20+/m1/s1. The Bertz CT molecular complexity index is 496. The van der Waals surface area contributed by atoms with Crippen molar-refractivity contribution in [1.29, 1.82) is 0 Å². The highest BCUT2D eigenvalue weighted by atomic mass is 16.3. The zero-order chi connectivity index (χ0) is 16.2. The number of hydrogen-bond acceptors (Lipinski definition) is 2. The summed E-state index contributed by atoms with van der Waals surface area (Å²) in [6.45, 7) is 10.9. The molecule has 3 aliphatic carbocycles. The summed E-state index contributed by atoms with van der Waals surface area (Å²) in [4.78, 5) is 0. The molecule has 0 amide bonds. The van der Waals surface area contributed by atoms with Crippen LogP contribution in [0.2, 0.25) is 0 Å². The minimum absolute atomic E-state index is 0.102. The Morgan fingerprint density at radius 2 is 1.95 bits per heavy atom. The van der Waals surface area contributed by atoms with Crippen molar-refractivity contribution in [3.05, 3.63) is 24.3 Å². The van der Waals surface area contributed by atoms with Crippen LogP contribution in [-0.2, 0) is 0 Å². The van der Waals surface area contributed by atoms with Gasteiger partial charge in [0.05, 0.1) is 12.7 Å². The molecule has 2 heteroatoms. The third-order valence-corrected chi connectivity index (χ3v) is 7.57. The molecule has 6 atom stereocenters. The second-order valence-corrected chi connectivity index (χ2v) is 8.84. The minimum Gasteiger partial charge on any atom is -0.396 e. The van der Waals surface area contributed by atoms with Gasteiger partial charge in [-0.15, -0.1) is 6.58 Å². The van der Waals surface area contributed by atoms with E-state index in [1.807, 2.05) is 0 Å². The molecule has 22 heavy (non-hydrogen) atoms. The first-order valence-electron chi connectivity index (χ1n) is 8.93. The molecule has 0 aromatic rings. The maximum Gasteiger partial charge on any atom is 0.0618 e. The monoisotopic (exact) mass is 304 g/mol. The van der Waals surface area contributed by atoms with Crippen LogP contribution in [0.3, 0.4) is 0 Å². The van der Waals surface area contributed by atoms with Gasteiger partial charge < -0.3 is 10.2 Å². The maximum atomic E-state index is 10.5. The largest absolute Gasteiger partial charge is 0.396 e. The van der Waals surface area contributed by atoms with Crippen LogP contribution in [0.5, 0.6) is 0 Å². The summed E-state index contributed by atoms with van der Waals surface area (Å²) in [6.07, 6.45) is 10.8. The van der Waals surface area contributed by atoms with E-state index in [0.717, 1.165) is 25.7 Å². The molecule has 124 valence electrons. The Labute approximate surface area is 135 Å². The molecular formula is C20H32O2. The van der Waals surface area contributed by atoms with Crippen molar-refractivity contribution in [2.45, 2.75) is 65.4 Å². The van der Waals surface area contributed by atoms with E-state index in [1.165, 1.54) is 12.8 Å². The average molecular weight is 304 g/mol. The van der Waals surface area contributed by atoms with Gasteiger partial charge >= 0.3 is 0 Å². The molecule has 0 aromatic carbocycles. The molecule has 2 unspecified atom stereocenters. The van der Waals surface area contributed by atoms with Gasteiger partial charge in [-0.1, -0.05) is 38.5 Å². The summed E-state index contributed by atoms with van der Waals surface area (Å²) in [7, 11) is 0. The molecule has 2 nitrogen and oxygen atoms in total. The molecule has 0 bridgehead atoms. The quantitative estimate of drug-likeness (QED) is 0.755. The van der Waals surface area contributed by atoms with Gasteiger partial charge in [0.25, 0.3) is 0 Å². The van der Waals surface area contributed by atoms with Crippen LogP contribution in [0.4, 0.5) is 0 Å². The molecule has 2 fully saturated rings. The number of allylic oxidation sites excluding steroid dienone is 3. The Kier molecular flexibility index (Phi) is 3.85. The minimum atomic E-state index is -0.358. The first-order valence-corrected chi connectivity index (χ1v) is 8.93. The lowest BCUT2D eigenvalue weighted by Crippen LogP contribution is -2.58. The van der Waals surface area contributed by atoms with E-state index in [-0.39, 0.29) is 29.0 Å². The molecule has 0 saturated heterocycles. The molecule has 0 aromatic heterocycles. The molecule has 2 saturated carbocycles. The van der Waals surface area contributed by atoms with E-state index in [0.29, 0.717) is 11.8 Å². The average Bonchev–Trinajstić information content (AvgIpc) is 2.51. The van der Waals surface area contributed by atoms with Crippen LogP contribution in [0, 0.1) is 28.1 Å². The molecule has 2 N–H and O–H groups in total. The van der Waals surface area contributed by atoms with Crippen LogP contribution in [0.25, 0.3) is 0 Å². The van der Waals surface area contributed by atoms with Crippen molar-refractivity contribution in [3.63, 3.8) is 0 Å². The molecule has 3 aliphatic rings. The van der Waals surface area contributed by atoms with E-state index < -0.39 is 0 Å². The van der Waals surface area contributed by atoms with Crippen molar-refractivity contribution >= 4 is 0 Å². The van der Waals surface area contributed by atoms with Gasteiger partial charge in [-0.3, -0.25) is 0 Å². The highest BCUT2D eigenvalue weighted by molar-refractivity contribution is 5.27. The first-order chi connectivity index (χ1) is 10.3. The van der Waals surface area contributed by atoms with E-state index in [1.54, 1.807) is 5.57 Å². The Morgan fingerprint density at radius 3 is 2.59 bits per heavy atom. The Balaban J connectivity index is 1.98. The molecule has 0 aliphatic heterocycles. The Morgan fingerprint density at radius 1 is 1.23 bits per heavy atom. The molecule has 0 radical (unpaired) electrons. The van der Waals surface area contributed by atoms with Crippen LogP contribution >= 0.6 is 0 Å².